The molecule has 0 aliphatic heterocycles. The first kappa shape index (κ1) is 14.0. The average Bonchev–Trinajstić information content (AvgIpc) is 2.36. The summed E-state index contributed by atoms with van der Waals surface area (Å²) in [6.45, 7) is 1.90. The zero-order valence-electron chi connectivity index (χ0n) is 10.1. The van der Waals surface area contributed by atoms with E-state index in [4.69, 9.17) is 5.73 Å². The molecule has 0 fully saturated rings. The van der Waals surface area contributed by atoms with Crippen molar-refractivity contribution in [3.8, 4) is 0 Å². The van der Waals surface area contributed by atoms with Crippen LogP contribution in [0.4, 0.5) is 11.4 Å². The van der Waals surface area contributed by atoms with Crippen molar-refractivity contribution in [2.45, 2.75) is 6.92 Å². The van der Waals surface area contributed by atoms with E-state index in [2.05, 4.69) is 42.2 Å². The van der Waals surface area contributed by atoms with Gasteiger partial charge in [0.25, 0.3) is 5.91 Å². The van der Waals surface area contributed by atoms with Gasteiger partial charge in [0, 0.05) is 20.8 Å². The molecule has 0 aliphatic carbocycles. The van der Waals surface area contributed by atoms with Gasteiger partial charge < -0.3 is 11.1 Å². The molecule has 2 rings (SSSR count). The van der Waals surface area contributed by atoms with Crippen molar-refractivity contribution < 1.29 is 4.79 Å². The number of benzene rings is 1. The normalized spacial score (nSPS) is 10.3. The highest BCUT2D eigenvalue weighted by atomic mass is 79.9. The molecule has 0 aliphatic rings. The summed E-state index contributed by atoms with van der Waals surface area (Å²) >= 11 is 6.67. The van der Waals surface area contributed by atoms with Gasteiger partial charge in [-0.2, -0.15) is 0 Å². The number of aromatic nitrogens is 1. The number of rotatable bonds is 2. The van der Waals surface area contributed by atoms with Crippen LogP contribution < -0.4 is 11.1 Å². The minimum atomic E-state index is -0.281. The van der Waals surface area contributed by atoms with E-state index < -0.39 is 0 Å². The summed E-state index contributed by atoms with van der Waals surface area (Å²) < 4.78 is 1.61. The lowest BCUT2D eigenvalue weighted by Crippen LogP contribution is -2.14. The summed E-state index contributed by atoms with van der Waals surface area (Å²) in [4.78, 5) is 16.1. The van der Waals surface area contributed by atoms with Crippen LogP contribution in [0.15, 0.2) is 39.4 Å². The van der Waals surface area contributed by atoms with E-state index >= 15 is 0 Å². The predicted molar refractivity (Wildman–Crippen MR) is 83.2 cm³/mol. The van der Waals surface area contributed by atoms with Crippen molar-refractivity contribution in [1.29, 1.82) is 0 Å². The van der Waals surface area contributed by atoms with Gasteiger partial charge >= 0.3 is 0 Å². The van der Waals surface area contributed by atoms with Crippen LogP contribution >= 0.6 is 31.9 Å². The zero-order chi connectivity index (χ0) is 14.0. The summed E-state index contributed by atoms with van der Waals surface area (Å²) in [6, 6.07) is 6.99. The van der Waals surface area contributed by atoms with E-state index in [-0.39, 0.29) is 5.91 Å². The number of aryl methyl sites for hydroxylation is 1. The molecule has 6 heteroatoms. The summed E-state index contributed by atoms with van der Waals surface area (Å²) in [5, 5.41) is 2.77. The van der Waals surface area contributed by atoms with Crippen molar-refractivity contribution in [1.82, 2.24) is 4.98 Å². The first-order chi connectivity index (χ1) is 8.97. The molecule has 1 aromatic carbocycles. The van der Waals surface area contributed by atoms with Crippen LogP contribution in [0.5, 0.6) is 0 Å². The molecule has 0 spiro atoms. The van der Waals surface area contributed by atoms with Crippen LogP contribution in [0.3, 0.4) is 0 Å². The van der Waals surface area contributed by atoms with Crippen molar-refractivity contribution in [2.24, 2.45) is 0 Å². The number of nitrogens with one attached hydrogen (secondary N) is 1. The second-order valence-corrected chi connectivity index (χ2v) is 5.77. The third-order valence-electron chi connectivity index (χ3n) is 2.56. The molecule has 0 bridgehead atoms. The van der Waals surface area contributed by atoms with Gasteiger partial charge in [0.05, 0.1) is 5.69 Å². The van der Waals surface area contributed by atoms with Gasteiger partial charge in [-0.1, -0.05) is 0 Å². The Bertz CT molecular complexity index is 627. The van der Waals surface area contributed by atoms with Crippen LogP contribution in [-0.4, -0.2) is 10.9 Å². The van der Waals surface area contributed by atoms with Gasteiger partial charge in [-0.25, -0.2) is 4.98 Å². The monoisotopic (exact) mass is 383 g/mol. The Morgan fingerprint density at radius 2 is 2.05 bits per heavy atom. The van der Waals surface area contributed by atoms with E-state index in [1.54, 1.807) is 24.4 Å². The number of amides is 1. The minimum absolute atomic E-state index is 0.281. The Kier molecular flexibility index (Phi) is 4.21. The fourth-order valence-corrected chi connectivity index (χ4v) is 2.27. The van der Waals surface area contributed by atoms with Crippen LogP contribution in [0.1, 0.15) is 16.1 Å². The fraction of sp³-hybridized carbons (Fsp3) is 0.0769. The number of pyridine rings is 1. The Morgan fingerprint density at radius 3 is 2.68 bits per heavy atom. The van der Waals surface area contributed by atoms with Crippen LogP contribution in [0.25, 0.3) is 0 Å². The molecule has 1 amide bonds. The largest absolute Gasteiger partial charge is 0.398 e. The maximum Gasteiger partial charge on any atom is 0.274 e. The molecular weight excluding hydrogens is 374 g/mol. The van der Waals surface area contributed by atoms with Crippen molar-refractivity contribution in [2.75, 3.05) is 11.1 Å². The van der Waals surface area contributed by atoms with E-state index in [1.807, 2.05) is 13.0 Å². The average molecular weight is 385 g/mol. The fourth-order valence-electron chi connectivity index (χ4n) is 1.48. The third-order valence-corrected chi connectivity index (χ3v) is 3.69. The van der Waals surface area contributed by atoms with Gasteiger partial charge in [0.1, 0.15) is 5.69 Å². The molecule has 98 valence electrons. The quantitative estimate of drug-likeness (QED) is 0.774. The number of hydrogen-bond acceptors (Lipinski definition) is 3. The SMILES string of the molecule is Cc1cc(Br)c(NC(=O)c2ccc(Br)cn2)cc1N. The molecule has 19 heavy (non-hydrogen) atoms. The first-order valence-corrected chi connectivity index (χ1v) is 7.04. The molecule has 0 unspecified atom stereocenters. The van der Waals surface area contributed by atoms with Gasteiger partial charge in [0.2, 0.25) is 0 Å². The lowest BCUT2D eigenvalue weighted by molar-refractivity contribution is 0.102. The number of nitrogen functional groups attached to an aromatic ring is 1. The van der Waals surface area contributed by atoms with Crippen LogP contribution in [0.2, 0.25) is 0 Å². The molecule has 0 saturated carbocycles. The van der Waals surface area contributed by atoms with Crippen molar-refractivity contribution >= 4 is 49.1 Å². The molecule has 3 N–H and O–H groups in total. The second-order valence-electron chi connectivity index (χ2n) is 4.00. The van der Waals surface area contributed by atoms with Crippen molar-refractivity contribution in [3.05, 3.63) is 50.7 Å². The van der Waals surface area contributed by atoms with E-state index in [0.29, 0.717) is 17.1 Å². The number of nitrogens with two attached hydrogens (primary N) is 1. The second kappa shape index (κ2) is 5.71. The molecule has 1 aromatic heterocycles. The van der Waals surface area contributed by atoms with E-state index in [0.717, 1.165) is 14.5 Å². The minimum Gasteiger partial charge on any atom is -0.398 e. The maximum absolute atomic E-state index is 12.0. The Morgan fingerprint density at radius 1 is 1.32 bits per heavy atom. The van der Waals surface area contributed by atoms with Gasteiger partial charge in [-0.05, 0) is 68.6 Å². The Balaban J connectivity index is 2.24. The smallest absolute Gasteiger partial charge is 0.274 e. The maximum atomic E-state index is 12.0. The molecule has 1 heterocycles. The number of nitrogens with zero attached hydrogens (tertiary/aromatic N) is 1. The molecular formula is C13H11Br2N3O. The lowest BCUT2D eigenvalue weighted by Gasteiger charge is -2.10. The number of hydrogen-bond donors (Lipinski definition) is 2. The standard InChI is InChI=1S/C13H11Br2N3O/c1-7-4-9(15)12(5-10(7)16)18-13(19)11-3-2-8(14)6-17-11/h2-6H,16H2,1H3,(H,18,19). The number of carbonyl (C=O) groups excluding carboxylic acids is 1. The summed E-state index contributed by atoms with van der Waals surface area (Å²) in [6.07, 6.45) is 1.58. The van der Waals surface area contributed by atoms with Crippen molar-refractivity contribution in [3.63, 3.8) is 0 Å². The number of halogens is 2. The van der Waals surface area contributed by atoms with Gasteiger partial charge in [0.15, 0.2) is 0 Å². The zero-order valence-corrected chi connectivity index (χ0v) is 13.2. The summed E-state index contributed by atoms with van der Waals surface area (Å²) in [5.41, 5.74) is 8.37. The number of anilines is 2. The topological polar surface area (TPSA) is 68.0 Å². The summed E-state index contributed by atoms with van der Waals surface area (Å²) in [5.74, 6) is -0.281. The van der Waals surface area contributed by atoms with Crippen LogP contribution in [-0.2, 0) is 0 Å². The highest BCUT2D eigenvalue weighted by Gasteiger charge is 2.10. The van der Waals surface area contributed by atoms with Gasteiger partial charge in [-0.3, -0.25) is 4.79 Å². The predicted octanol–water partition coefficient (Wildman–Crippen LogP) is 3.75. The van der Waals surface area contributed by atoms with E-state index in [1.165, 1.54) is 0 Å². The lowest BCUT2D eigenvalue weighted by atomic mass is 10.2. The van der Waals surface area contributed by atoms with Crippen LogP contribution in [0, 0.1) is 6.92 Å². The Labute approximate surface area is 127 Å². The molecule has 0 saturated heterocycles. The Hall–Kier alpha value is -1.40. The first-order valence-electron chi connectivity index (χ1n) is 5.46. The molecule has 0 atom stereocenters. The highest BCUT2D eigenvalue weighted by Crippen LogP contribution is 2.28. The summed E-state index contributed by atoms with van der Waals surface area (Å²) in [7, 11) is 0. The molecule has 4 nitrogen and oxygen atoms in total. The third kappa shape index (κ3) is 3.33. The number of carbonyl (C=O) groups is 1. The molecule has 2 aromatic rings. The van der Waals surface area contributed by atoms with Gasteiger partial charge in [-0.15, -0.1) is 0 Å². The highest BCUT2D eigenvalue weighted by molar-refractivity contribution is 9.10. The van der Waals surface area contributed by atoms with E-state index in [9.17, 15) is 4.79 Å². The molecule has 0 radical (unpaired) electrons.